The van der Waals surface area contributed by atoms with E-state index < -0.39 is 37.0 Å². The predicted molar refractivity (Wildman–Crippen MR) is 125 cm³/mol. The minimum atomic E-state index is -4.54. The Kier molecular flexibility index (Phi) is 6.05. The molecule has 0 spiro atoms. The second kappa shape index (κ2) is 9.22. The number of hydrogen-bond donors (Lipinski definition) is 1. The van der Waals surface area contributed by atoms with Crippen LogP contribution in [0.15, 0.2) is 24.4 Å². The average molecular weight is 556 g/mol. The Hall–Kier alpha value is -3.66. The number of hydrogen-bond acceptors (Lipinski definition) is 8. The van der Waals surface area contributed by atoms with Crippen LogP contribution in [0.1, 0.15) is 6.42 Å². The smallest absolute Gasteiger partial charge is 0.408 e. The van der Waals surface area contributed by atoms with Gasteiger partial charge in [-0.2, -0.15) is 18.2 Å². The van der Waals surface area contributed by atoms with Gasteiger partial charge in [0.05, 0.1) is 56.2 Å². The Balaban J connectivity index is 1.33. The van der Waals surface area contributed by atoms with Gasteiger partial charge in [-0.05, 0) is 24.1 Å². The lowest BCUT2D eigenvalue weighted by Crippen LogP contribution is -2.61. The van der Waals surface area contributed by atoms with Gasteiger partial charge in [-0.25, -0.2) is 22.4 Å². The van der Waals surface area contributed by atoms with Crippen molar-refractivity contribution in [2.24, 2.45) is 0 Å². The molecule has 1 atom stereocenters. The van der Waals surface area contributed by atoms with Gasteiger partial charge in [0, 0.05) is 6.54 Å². The van der Waals surface area contributed by atoms with Gasteiger partial charge in [0.25, 0.3) is 5.92 Å². The topological polar surface area (TPSA) is 94.6 Å². The first-order valence-electron chi connectivity index (χ1n) is 12.0. The summed E-state index contributed by atoms with van der Waals surface area (Å²) in [6.07, 6.45) is -3.39. The van der Waals surface area contributed by atoms with E-state index in [0.717, 1.165) is 10.7 Å². The number of aromatic nitrogens is 6. The monoisotopic (exact) mass is 556 g/mol. The van der Waals surface area contributed by atoms with E-state index in [1.165, 1.54) is 25.3 Å². The highest BCUT2D eigenvalue weighted by Gasteiger charge is 2.47. The molecule has 10 nitrogen and oxygen atoms in total. The number of rotatable bonds is 6. The zero-order valence-corrected chi connectivity index (χ0v) is 20.4. The number of alkyl halides is 5. The lowest BCUT2D eigenvalue weighted by atomic mass is 9.98. The Bertz CT molecular complexity index is 1530. The Morgan fingerprint density at radius 3 is 2.69 bits per heavy atom. The fourth-order valence-corrected chi connectivity index (χ4v) is 4.95. The Labute approximate surface area is 216 Å². The summed E-state index contributed by atoms with van der Waals surface area (Å²) in [5.41, 5.74) is 0.472. The normalized spacial score (nSPS) is 20.4. The highest BCUT2D eigenvalue weighted by atomic mass is 19.4. The van der Waals surface area contributed by atoms with E-state index >= 15 is 4.39 Å². The number of benzene rings is 1. The van der Waals surface area contributed by atoms with Crippen LogP contribution >= 0.6 is 0 Å². The van der Waals surface area contributed by atoms with E-state index in [2.05, 4.69) is 25.7 Å². The fraction of sp³-hybridized carbons (Fsp3) is 0.478. The standard InChI is InChI=1S/C23H22F6N8O2/c1-38-20-19-18(12-2-3-15-16(6-12)37(34-32-15)11-23(27,28)29)14(24)7-36(19)33-21(31-20)30-17-4-5-35(10-22(17,25)26)13-8-39-9-13/h2-3,6-7,13,17H,4-5,8-11H2,1H3,(H,30,33)/t17-/m1/s1. The van der Waals surface area contributed by atoms with Crippen molar-refractivity contribution in [1.29, 1.82) is 0 Å². The van der Waals surface area contributed by atoms with Crippen molar-refractivity contribution in [1.82, 2.24) is 34.5 Å². The van der Waals surface area contributed by atoms with E-state index in [-0.39, 0.29) is 52.0 Å². The SMILES string of the molecule is COc1nc(N[C@@H]2CCN(C3COC3)CC2(F)F)nn2cc(F)c(-c3ccc4nnn(CC(F)(F)F)c4c3)c12. The summed E-state index contributed by atoms with van der Waals surface area (Å²) in [7, 11) is 1.28. The number of anilines is 1. The van der Waals surface area contributed by atoms with Crippen molar-refractivity contribution >= 4 is 22.5 Å². The lowest BCUT2D eigenvalue weighted by molar-refractivity contribution is -0.142. The summed E-state index contributed by atoms with van der Waals surface area (Å²) >= 11 is 0. The second-order valence-electron chi connectivity index (χ2n) is 9.56. The van der Waals surface area contributed by atoms with Gasteiger partial charge in [-0.3, -0.25) is 4.90 Å². The highest BCUT2D eigenvalue weighted by Crippen LogP contribution is 2.37. The first kappa shape index (κ1) is 25.6. The van der Waals surface area contributed by atoms with Crippen LogP contribution in [0.4, 0.5) is 32.3 Å². The average Bonchev–Trinajstić information content (AvgIpc) is 3.37. The molecule has 1 N–H and O–H groups in total. The molecular formula is C23H22F6N8O2. The van der Waals surface area contributed by atoms with Gasteiger partial charge in [0.2, 0.25) is 11.8 Å². The van der Waals surface area contributed by atoms with Crippen LogP contribution in [0.2, 0.25) is 0 Å². The molecule has 0 aliphatic carbocycles. The van der Waals surface area contributed by atoms with E-state index in [1.54, 1.807) is 4.90 Å². The summed E-state index contributed by atoms with van der Waals surface area (Å²) in [4.78, 5) is 5.90. The number of ether oxygens (including phenoxy) is 2. The number of fused-ring (bicyclic) bond motifs is 2. The van der Waals surface area contributed by atoms with Gasteiger partial charge in [-0.1, -0.05) is 11.3 Å². The van der Waals surface area contributed by atoms with Crippen molar-refractivity contribution in [3.8, 4) is 17.0 Å². The molecule has 0 radical (unpaired) electrons. The summed E-state index contributed by atoms with van der Waals surface area (Å²) < 4.78 is 96.4. The third kappa shape index (κ3) is 4.71. The van der Waals surface area contributed by atoms with Crippen molar-refractivity contribution < 1.29 is 35.8 Å². The molecule has 0 saturated carbocycles. The maximum absolute atomic E-state index is 15.3. The zero-order valence-electron chi connectivity index (χ0n) is 20.4. The van der Waals surface area contributed by atoms with Gasteiger partial charge in [-0.15, -0.1) is 10.2 Å². The van der Waals surface area contributed by atoms with Crippen LogP contribution in [0.25, 0.3) is 27.7 Å². The third-order valence-electron chi connectivity index (χ3n) is 6.95. The molecule has 16 heteroatoms. The lowest BCUT2D eigenvalue weighted by Gasteiger charge is -2.44. The maximum atomic E-state index is 15.3. The van der Waals surface area contributed by atoms with Crippen molar-refractivity contribution in [2.45, 2.75) is 37.1 Å². The summed E-state index contributed by atoms with van der Waals surface area (Å²) in [5, 5.41) is 14.1. The molecule has 39 heavy (non-hydrogen) atoms. The molecular weight excluding hydrogens is 534 g/mol. The number of piperidine rings is 1. The van der Waals surface area contributed by atoms with Crippen molar-refractivity contribution in [3.63, 3.8) is 0 Å². The van der Waals surface area contributed by atoms with Crippen molar-refractivity contribution in [2.75, 3.05) is 38.7 Å². The molecule has 208 valence electrons. The number of halogens is 6. The molecule has 2 aliphatic heterocycles. The van der Waals surface area contributed by atoms with Gasteiger partial charge >= 0.3 is 6.18 Å². The molecule has 0 bridgehead atoms. The minimum absolute atomic E-state index is 0.0205. The summed E-state index contributed by atoms with van der Waals surface area (Å²) in [6, 6.07) is 2.93. The van der Waals surface area contributed by atoms with Crippen LogP contribution in [-0.4, -0.2) is 92.1 Å². The third-order valence-corrected chi connectivity index (χ3v) is 6.95. The predicted octanol–water partition coefficient (Wildman–Crippen LogP) is 3.37. The first-order chi connectivity index (χ1) is 18.5. The number of methoxy groups -OCH3 is 1. The largest absolute Gasteiger partial charge is 0.479 e. The Morgan fingerprint density at radius 1 is 1.23 bits per heavy atom. The Morgan fingerprint density at radius 2 is 2.03 bits per heavy atom. The molecule has 2 saturated heterocycles. The van der Waals surface area contributed by atoms with Crippen LogP contribution in [0, 0.1) is 5.82 Å². The van der Waals surface area contributed by atoms with Crippen LogP contribution in [0.3, 0.4) is 0 Å². The first-order valence-corrected chi connectivity index (χ1v) is 12.0. The highest BCUT2D eigenvalue weighted by molar-refractivity contribution is 5.89. The molecule has 3 aromatic heterocycles. The number of nitrogens with one attached hydrogen (secondary N) is 1. The van der Waals surface area contributed by atoms with Gasteiger partial charge < -0.3 is 14.8 Å². The molecule has 6 rings (SSSR count). The zero-order chi connectivity index (χ0) is 27.5. The second-order valence-corrected chi connectivity index (χ2v) is 9.56. The van der Waals surface area contributed by atoms with E-state index in [9.17, 15) is 22.0 Å². The molecule has 1 aromatic carbocycles. The van der Waals surface area contributed by atoms with Crippen LogP contribution in [-0.2, 0) is 11.3 Å². The molecule has 4 aromatic rings. The van der Waals surface area contributed by atoms with Gasteiger partial charge in [0.1, 0.15) is 17.6 Å². The molecule has 0 unspecified atom stereocenters. The molecule has 0 amide bonds. The van der Waals surface area contributed by atoms with Crippen molar-refractivity contribution in [3.05, 3.63) is 30.2 Å². The summed E-state index contributed by atoms with van der Waals surface area (Å²) in [5.74, 6) is -4.15. The maximum Gasteiger partial charge on any atom is 0.408 e. The number of likely N-dealkylation sites (tertiary alicyclic amines) is 1. The van der Waals surface area contributed by atoms with Crippen LogP contribution in [0.5, 0.6) is 5.88 Å². The molecule has 2 aliphatic rings. The fourth-order valence-electron chi connectivity index (χ4n) is 4.95. The van der Waals surface area contributed by atoms with E-state index in [0.29, 0.717) is 24.4 Å². The quantitative estimate of drug-likeness (QED) is 0.362. The van der Waals surface area contributed by atoms with Gasteiger partial charge in [0.15, 0.2) is 5.82 Å². The molecule has 2 fully saturated rings. The van der Waals surface area contributed by atoms with E-state index in [4.69, 9.17) is 9.47 Å². The number of nitrogens with zero attached hydrogens (tertiary/aromatic N) is 7. The summed E-state index contributed by atoms with van der Waals surface area (Å²) in [6.45, 7) is -0.513. The molecule has 5 heterocycles. The van der Waals surface area contributed by atoms with E-state index in [1.807, 2.05) is 0 Å². The minimum Gasteiger partial charge on any atom is -0.479 e. The van der Waals surface area contributed by atoms with Crippen LogP contribution < -0.4 is 10.1 Å².